The van der Waals surface area contributed by atoms with Crippen molar-refractivity contribution >= 4 is 23.2 Å². The molecule has 0 bridgehead atoms. The van der Waals surface area contributed by atoms with E-state index in [2.05, 4.69) is 0 Å². The van der Waals surface area contributed by atoms with Gasteiger partial charge in [0.25, 0.3) is 0 Å². The number of hydrogen-bond acceptors (Lipinski definition) is 2. The van der Waals surface area contributed by atoms with Crippen LogP contribution in [-0.2, 0) is 0 Å². The molecular weight excluding hydrogens is 207 g/mol. The van der Waals surface area contributed by atoms with Gasteiger partial charge in [0.15, 0.2) is 0 Å². The Morgan fingerprint density at radius 1 is 1.31 bits per heavy atom. The van der Waals surface area contributed by atoms with E-state index in [4.69, 9.17) is 34.7 Å². The molecule has 0 aliphatic heterocycles. The smallest absolute Gasteiger partial charge is 0.0640 e. The molecule has 72 valence electrons. The Bertz CT molecular complexity index is 289. The molecule has 0 heterocycles. The molecule has 0 unspecified atom stereocenters. The highest BCUT2D eigenvalue weighted by Gasteiger charge is 2.10. The van der Waals surface area contributed by atoms with E-state index in [9.17, 15) is 0 Å². The predicted molar refractivity (Wildman–Crippen MR) is 57.1 cm³/mol. The summed E-state index contributed by atoms with van der Waals surface area (Å²) in [5.74, 6) is 0. The molecule has 1 aromatic carbocycles. The Balaban J connectivity index is 2.93. The largest absolute Gasteiger partial charge is 0.330 e. The number of hydrogen-bond donors (Lipinski definition) is 2. The summed E-state index contributed by atoms with van der Waals surface area (Å²) < 4.78 is 0. The molecule has 0 aliphatic rings. The molecule has 0 aliphatic carbocycles. The molecule has 1 rings (SSSR count). The van der Waals surface area contributed by atoms with Crippen molar-refractivity contribution in [1.82, 2.24) is 0 Å². The van der Waals surface area contributed by atoms with Crippen molar-refractivity contribution in [2.75, 3.05) is 6.54 Å². The summed E-state index contributed by atoms with van der Waals surface area (Å²) in [7, 11) is 0. The van der Waals surface area contributed by atoms with Crippen LogP contribution in [0.5, 0.6) is 0 Å². The van der Waals surface area contributed by atoms with Crippen LogP contribution in [0.2, 0.25) is 10.0 Å². The summed E-state index contributed by atoms with van der Waals surface area (Å²) in [4.78, 5) is 0. The third-order valence-corrected chi connectivity index (χ3v) is 2.69. The summed E-state index contributed by atoms with van der Waals surface area (Å²) in [5, 5.41) is 1.07. The zero-order valence-electron chi connectivity index (χ0n) is 7.13. The fraction of sp³-hybridized carbons (Fsp3) is 0.333. The van der Waals surface area contributed by atoms with E-state index in [0.717, 1.165) is 5.56 Å². The van der Waals surface area contributed by atoms with Gasteiger partial charge in [-0.15, -0.1) is 0 Å². The van der Waals surface area contributed by atoms with Crippen LogP contribution >= 0.6 is 23.2 Å². The summed E-state index contributed by atoms with van der Waals surface area (Å²) in [6.45, 7) is 0.546. The van der Waals surface area contributed by atoms with Gasteiger partial charge in [-0.25, -0.2) is 0 Å². The lowest BCUT2D eigenvalue weighted by atomic mass is 10.1. The minimum absolute atomic E-state index is 0.129. The molecule has 0 saturated carbocycles. The van der Waals surface area contributed by atoms with Gasteiger partial charge in [-0.2, -0.15) is 0 Å². The third kappa shape index (κ3) is 2.58. The first kappa shape index (κ1) is 10.8. The second-order valence-electron chi connectivity index (χ2n) is 2.83. The Labute approximate surface area is 87.8 Å². The first-order valence-electron chi connectivity index (χ1n) is 4.06. The van der Waals surface area contributed by atoms with Crippen molar-refractivity contribution in [2.24, 2.45) is 11.5 Å². The summed E-state index contributed by atoms with van der Waals surface area (Å²) in [5.41, 5.74) is 12.1. The maximum absolute atomic E-state index is 5.97. The van der Waals surface area contributed by atoms with Crippen LogP contribution in [0.3, 0.4) is 0 Å². The molecule has 4 heteroatoms. The third-order valence-electron chi connectivity index (χ3n) is 1.86. The lowest BCUT2D eigenvalue weighted by Gasteiger charge is -2.12. The molecular formula is C9H12Cl2N2. The van der Waals surface area contributed by atoms with Crippen molar-refractivity contribution in [3.05, 3.63) is 33.8 Å². The number of benzene rings is 1. The molecule has 0 saturated heterocycles. The van der Waals surface area contributed by atoms with Crippen molar-refractivity contribution in [1.29, 1.82) is 0 Å². The van der Waals surface area contributed by atoms with Gasteiger partial charge in [0, 0.05) is 6.04 Å². The SMILES string of the molecule is NCC[C@H](N)c1cccc(Cl)c1Cl. The first-order valence-corrected chi connectivity index (χ1v) is 4.82. The van der Waals surface area contributed by atoms with E-state index in [-0.39, 0.29) is 6.04 Å². The van der Waals surface area contributed by atoms with E-state index in [0.29, 0.717) is 23.0 Å². The van der Waals surface area contributed by atoms with Gasteiger partial charge in [-0.05, 0) is 24.6 Å². The summed E-state index contributed by atoms with van der Waals surface area (Å²) >= 11 is 11.8. The molecule has 2 nitrogen and oxygen atoms in total. The molecule has 1 atom stereocenters. The Morgan fingerprint density at radius 2 is 2.00 bits per heavy atom. The number of halogens is 2. The lowest BCUT2D eigenvalue weighted by Crippen LogP contribution is -2.15. The van der Waals surface area contributed by atoms with Gasteiger partial charge < -0.3 is 11.5 Å². The lowest BCUT2D eigenvalue weighted by molar-refractivity contribution is 0.661. The van der Waals surface area contributed by atoms with Crippen molar-refractivity contribution in [2.45, 2.75) is 12.5 Å². The van der Waals surface area contributed by atoms with Crippen LogP contribution < -0.4 is 11.5 Å². The van der Waals surface area contributed by atoms with Crippen LogP contribution in [0.1, 0.15) is 18.0 Å². The number of rotatable bonds is 3. The number of nitrogens with two attached hydrogens (primary N) is 2. The summed E-state index contributed by atoms with van der Waals surface area (Å²) in [6, 6.07) is 5.31. The van der Waals surface area contributed by atoms with Gasteiger partial charge in [0.2, 0.25) is 0 Å². The van der Waals surface area contributed by atoms with E-state index >= 15 is 0 Å². The molecule has 0 amide bonds. The van der Waals surface area contributed by atoms with Crippen molar-refractivity contribution < 1.29 is 0 Å². The Kier molecular flexibility index (Phi) is 4.00. The normalized spacial score (nSPS) is 12.9. The van der Waals surface area contributed by atoms with Crippen molar-refractivity contribution in [3.8, 4) is 0 Å². The van der Waals surface area contributed by atoms with E-state index in [1.807, 2.05) is 12.1 Å². The van der Waals surface area contributed by atoms with E-state index in [1.54, 1.807) is 6.07 Å². The van der Waals surface area contributed by atoms with Crippen molar-refractivity contribution in [3.63, 3.8) is 0 Å². The minimum Gasteiger partial charge on any atom is -0.330 e. The summed E-state index contributed by atoms with van der Waals surface area (Å²) in [6.07, 6.45) is 0.708. The quantitative estimate of drug-likeness (QED) is 0.819. The van der Waals surface area contributed by atoms with Crippen LogP contribution in [0.4, 0.5) is 0 Å². The second kappa shape index (κ2) is 4.82. The topological polar surface area (TPSA) is 52.0 Å². The predicted octanol–water partition coefficient (Wildman–Crippen LogP) is 2.34. The standard InChI is InChI=1S/C9H12Cl2N2/c10-7-3-1-2-6(9(7)11)8(13)4-5-12/h1-3,8H,4-5,12-13H2/t8-/m0/s1. The zero-order chi connectivity index (χ0) is 9.84. The fourth-order valence-electron chi connectivity index (χ4n) is 1.14. The molecule has 0 spiro atoms. The average molecular weight is 219 g/mol. The molecule has 13 heavy (non-hydrogen) atoms. The fourth-order valence-corrected chi connectivity index (χ4v) is 1.59. The van der Waals surface area contributed by atoms with E-state index in [1.165, 1.54) is 0 Å². The van der Waals surface area contributed by atoms with Crippen LogP contribution in [0, 0.1) is 0 Å². The second-order valence-corrected chi connectivity index (χ2v) is 3.61. The maximum Gasteiger partial charge on any atom is 0.0640 e. The highest BCUT2D eigenvalue weighted by Crippen LogP contribution is 2.29. The average Bonchev–Trinajstić information content (AvgIpc) is 2.10. The first-order chi connectivity index (χ1) is 6.16. The van der Waals surface area contributed by atoms with Gasteiger partial charge in [0.1, 0.15) is 0 Å². The monoisotopic (exact) mass is 218 g/mol. The Hall–Kier alpha value is -0.280. The van der Waals surface area contributed by atoms with E-state index < -0.39 is 0 Å². The van der Waals surface area contributed by atoms with Crippen LogP contribution in [-0.4, -0.2) is 6.54 Å². The van der Waals surface area contributed by atoms with Gasteiger partial charge in [-0.1, -0.05) is 35.3 Å². The highest BCUT2D eigenvalue weighted by molar-refractivity contribution is 6.42. The van der Waals surface area contributed by atoms with Gasteiger partial charge in [-0.3, -0.25) is 0 Å². The van der Waals surface area contributed by atoms with Crippen LogP contribution in [0.15, 0.2) is 18.2 Å². The maximum atomic E-state index is 5.97. The zero-order valence-corrected chi connectivity index (χ0v) is 8.65. The molecule has 0 fully saturated rings. The molecule has 0 aromatic heterocycles. The molecule has 4 N–H and O–H groups in total. The Morgan fingerprint density at radius 3 is 2.62 bits per heavy atom. The highest BCUT2D eigenvalue weighted by atomic mass is 35.5. The molecule has 0 radical (unpaired) electrons. The molecule has 1 aromatic rings. The minimum atomic E-state index is -0.129. The van der Waals surface area contributed by atoms with Gasteiger partial charge in [0.05, 0.1) is 10.0 Å². The van der Waals surface area contributed by atoms with Gasteiger partial charge >= 0.3 is 0 Å². The van der Waals surface area contributed by atoms with Crippen LogP contribution in [0.25, 0.3) is 0 Å².